The lowest BCUT2D eigenvalue weighted by atomic mass is 10.0. The number of aliphatic hydroxyl groups excluding tert-OH is 1. The lowest BCUT2D eigenvalue weighted by Gasteiger charge is -2.19. The van der Waals surface area contributed by atoms with E-state index >= 15 is 0 Å². The molecule has 2 rings (SSSR count). The quantitative estimate of drug-likeness (QED) is 0.728. The molecule has 5 heteroatoms. The first kappa shape index (κ1) is 17.0. The van der Waals surface area contributed by atoms with E-state index in [9.17, 15) is 9.90 Å². The molecular formula is C18H22N2O3. The molecule has 23 heavy (non-hydrogen) atoms. The van der Waals surface area contributed by atoms with Crippen molar-refractivity contribution in [2.24, 2.45) is 5.73 Å². The number of amides is 1. The molecule has 2 atom stereocenters. The summed E-state index contributed by atoms with van der Waals surface area (Å²) in [5.41, 5.74) is 7.91. The molecule has 2 aromatic rings. The highest BCUT2D eigenvalue weighted by Crippen LogP contribution is 2.04. The number of hydrogen-bond donors (Lipinski definition) is 3. The highest BCUT2D eigenvalue weighted by atomic mass is 16.5. The maximum absolute atomic E-state index is 11.6. The molecular weight excluding hydrogens is 292 g/mol. The van der Waals surface area contributed by atoms with Gasteiger partial charge in [0.05, 0.1) is 6.10 Å². The average molecular weight is 314 g/mol. The first-order valence-corrected chi connectivity index (χ1v) is 7.57. The lowest BCUT2D eigenvalue weighted by molar-refractivity contribution is 0.116. The number of nitrogens with two attached hydrogens (primary N) is 1. The SMILES string of the molecule is NC(Cc1ccccc1)C(O)CNC(=O)OCc1ccccc1. The highest BCUT2D eigenvalue weighted by molar-refractivity contribution is 5.67. The molecule has 0 aliphatic carbocycles. The molecule has 0 bridgehead atoms. The molecule has 0 spiro atoms. The number of carbonyl (C=O) groups is 1. The molecule has 1 amide bonds. The molecule has 0 heterocycles. The maximum atomic E-state index is 11.6. The normalized spacial score (nSPS) is 13.1. The van der Waals surface area contributed by atoms with Gasteiger partial charge in [-0.05, 0) is 17.5 Å². The summed E-state index contributed by atoms with van der Waals surface area (Å²) >= 11 is 0. The second-order valence-corrected chi connectivity index (χ2v) is 5.36. The minimum Gasteiger partial charge on any atom is -0.445 e. The Labute approximate surface area is 136 Å². The molecule has 0 aromatic heterocycles. The molecule has 0 aliphatic heterocycles. The van der Waals surface area contributed by atoms with Crippen molar-refractivity contribution in [2.45, 2.75) is 25.2 Å². The lowest BCUT2D eigenvalue weighted by Crippen LogP contribution is -2.44. The number of benzene rings is 2. The maximum Gasteiger partial charge on any atom is 0.407 e. The monoisotopic (exact) mass is 314 g/mol. The van der Waals surface area contributed by atoms with Crippen LogP contribution in [0.2, 0.25) is 0 Å². The van der Waals surface area contributed by atoms with Crippen molar-refractivity contribution >= 4 is 6.09 Å². The summed E-state index contributed by atoms with van der Waals surface area (Å²) in [4.78, 5) is 11.6. The minimum atomic E-state index is -0.834. The number of aliphatic hydroxyl groups is 1. The van der Waals surface area contributed by atoms with Gasteiger partial charge in [0.2, 0.25) is 0 Å². The van der Waals surface area contributed by atoms with Crippen LogP contribution in [0.5, 0.6) is 0 Å². The summed E-state index contributed by atoms with van der Waals surface area (Å²) in [5, 5.41) is 12.5. The number of alkyl carbamates (subject to hydrolysis) is 1. The van der Waals surface area contributed by atoms with Gasteiger partial charge in [0, 0.05) is 12.6 Å². The number of carbonyl (C=O) groups excluding carboxylic acids is 1. The van der Waals surface area contributed by atoms with E-state index in [2.05, 4.69) is 5.32 Å². The van der Waals surface area contributed by atoms with Gasteiger partial charge in [0.15, 0.2) is 0 Å². The van der Waals surface area contributed by atoms with E-state index in [0.29, 0.717) is 6.42 Å². The molecule has 5 nitrogen and oxygen atoms in total. The molecule has 0 fully saturated rings. The zero-order valence-corrected chi connectivity index (χ0v) is 12.9. The molecule has 0 aliphatic rings. The van der Waals surface area contributed by atoms with Crippen LogP contribution in [0.1, 0.15) is 11.1 Å². The first-order chi connectivity index (χ1) is 11.1. The Morgan fingerprint density at radius 2 is 1.61 bits per heavy atom. The largest absolute Gasteiger partial charge is 0.445 e. The molecule has 4 N–H and O–H groups in total. The fraction of sp³-hybridized carbons (Fsp3) is 0.278. The fourth-order valence-corrected chi connectivity index (χ4v) is 2.14. The topological polar surface area (TPSA) is 84.6 Å². The van der Waals surface area contributed by atoms with Gasteiger partial charge in [-0.25, -0.2) is 4.79 Å². The predicted molar refractivity (Wildman–Crippen MR) is 88.8 cm³/mol. The van der Waals surface area contributed by atoms with Crippen LogP contribution < -0.4 is 11.1 Å². The summed E-state index contributed by atoms with van der Waals surface area (Å²) in [6.45, 7) is 0.250. The first-order valence-electron chi connectivity index (χ1n) is 7.57. The minimum absolute atomic E-state index is 0.0572. The van der Waals surface area contributed by atoms with Crippen molar-refractivity contribution in [3.8, 4) is 0 Å². The second-order valence-electron chi connectivity index (χ2n) is 5.36. The van der Waals surface area contributed by atoms with Gasteiger partial charge in [-0.15, -0.1) is 0 Å². The van der Waals surface area contributed by atoms with Crippen molar-refractivity contribution in [3.05, 3.63) is 71.8 Å². The number of hydrogen-bond acceptors (Lipinski definition) is 4. The number of rotatable bonds is 7. The third kappa shape index (κ3) is 6.10. The van der Waals surface area contributed by atoms with E-state index in [1.807, 2.05) is 60.7 Å². The highest BCUT2D eigenvalue weighted by Gasteiger charge is 2.16. The van der Waals surface area contributed by atoms with Crippen molar-refractivity contribution in [2.75, 3.05) is 6.54 Å². The van der Waals surface area contributed by atoms with Crippen LogP contribution in [-0.4, -0.2) is 29.9 Å². The Hall–Kier alpha value is -2.37. The van der Waals surface area contributed by atoms with E-state index in [-0.39, 0.29) is 13.2 Å². The molecule has 0 radical (unpaired) electrons. The summed E-state index contributed by atoms with van der Waals surface area (Å²) < 4.78 is 5.07. The number of nitrogens with one attached hydrogen (secondary N) is 1. The zero-order valence-electron chi connectivity index (χ0n) is 12.9. The standard InChI is InChI=1S/C18H22N2O3/c19-16(11-14-7-3-1-4-8-14)17(21)12-20-18(22)23-13-15-9-5-2-6-10-15/h1-10,16-17,21H,11-13,19H2,(H,20,22). The Morgan fingerprint density at radius 3 is 2.22 bits per heavy atom. The summed E-state index contributed by atoms with van der Waals surface area (Å²) in [6.07, 6.45) is -0.859. The third-order valence-electron chi connectivity index (χ3n) is 3.48. The van der Waals surface area contributed by atoms with Gasteiger partial charge >= 0.3 is 6.09 Å². The average Bonchev–Trinajstić information content (AvgIpc) is 2.59. The van der Waals surface area contributed by atoms with Gasteiger partial charge in [-0.2, -0.15) is 0 Å². The van der Waals surface area contributed by atoms with Crippen LogP contribution in [-0.2, 0) is 17.8 Å². The van der Waals surface area contributed by atoms with E-state index in [1.165, 1.54) is 0 Å². The van der Waals surface area contributed by atoms with Crippen LogP contribution in [0.3, 0.4) is 0 Å². The van der Waals surface area contributed by atoms with Crippen LogP contribution in [0, 0.1) is 0 Å². The van der Waals surface area contributed by atoms with Crippen molar-refractivity contribution in [3.63, 3.8) is 0 Å². The number of ether oxygens (including phenoxy) is 1. The van der Waals surface area contributed by atoms with Gasteiger partial charge < -0.3 is 20.9 Å². The van der Waals surface area contributed by atoms with E-state index < -0.39 is 18.2 Å². The van der Waals surface area contributed by atoms with E-state index in [1.54, 1.807) is 0 Å². The van der Waals surface area contributed by atoms with Gasteiger partial charge in [0.1, 0.15) is 6.61 Å². The van der Waals surface area contributed by atoms with E-state index in [4.69, 9.17) is 10.5 Å². The van der Waals surface area contributed by atoms with Crippen LogP contribution in [0.15, 0.2) is 60.7 Å². The Bertz CT molecular complexity index is 590. The van der Waals surface area contributed by atoms with Gasteiger partial charge in [-0.1, -0.05) is 60.7 Å². The smallest absolute Gasteiger partial charge is 0.407 e. The Kier molecular flexibility index (Phi) is 6.59. The van der Waals surface area contributed by atoms with Crippen LogP contribution >= 0.6 is 0 Å². The molecule has 2 unspecified atom stereocenters. The third-order valence-corrected chi connectivity index (χ3v) is 3.48. The molecule has 0 saturated heterocycles. The summed E-state index contributed by atoms with van der Waals surface area (Å²) in [5.74, 6) is 0. The van der Waals surface area contributed by atoms with Gasteiger partial charge in [0.25, 0.3) is 0 Å². The molecule has 122 valence electrons. The predicted octanol–water partition coefficient (Wildman–Crippen LogP) is 1.84. The Morgan fingerprint density at radius 1 is 1.04 bits per heavy atom. The molecule has 0 saturated carbocycles. The zero-order chi connectivity index (χ0) is 16.5. The van der Waals surface area contributed by atoms with Crippen molar-refractivity contribution in [1.29, 1.82) is 0 Å². The fourth-order valence-electron chi connectivity index (χ4n) is 2.14. The second kappa shape index (κ2) is 8.92. The molecule has 2 aromatic carbocycles. The summed E-state index contributed by atoms with van der Waals surface area (Å²) in [6, 6.07) is 18.6. The van der Waals surface area contributed by atoms with Gasteiger partial charge in [-0.3, -0.25) is 0 Å². The van der Waals surface area contributed by atoms with Crippen molar-refractivity contribution in [1.82, 2.24) is 5.32 Å². The van der Waals surface area contributed by atoms with Crippen LogP contribution in [0.25, 0.3) is 0 Å². The van der Waals surface area contributed by atoms with Crippen molar-refractivity contribution < 1.29 is 14.6 Å². The van der Waals surface area contributed by atoms with Crippen LogP contribution in [0.4, 0.5) is 4.79 Å². The van der Waals surface area contributed by atoms with E-state index in [0.717, 1.165) is 11.1 Å². The Balaban J connectivity index is 1.68. The summed E-state index contributed by atoms with van der Waals surface area (Å²) in [7, 11) is 0.